The first-order valence-electron chi connectivity index (χ1n) is 4.88. The van der Waals surface area contributed by atoms with E-state index in [1.165, 1.54) is 21.8 Å². The zero-order valence-electron chi connectivity index (χ0n) is 10.2. The summed E-state index contributed by atoms with van der Waals surface area (Å²) in [5.41, 5.74) is 0. The minimum atomic E-state index is -0.623. The Bertz CT molecular complexity index is 595. The van der Waals surface area contributed by atoms with Crippen LogP contribution in [-0.2, 0) is 14.1 Å². The van der Waals surface area contributed by atoms with Crippen molar-refractivity contribution in [1.82, 2.24) is 19.1 Å². The highest BCUT2D eigenvalue weighted by molar-refractivity contribution is 6.31. The Labute approximate surface area is 121 Å². The Morgan fingerprint density at radius 3 is 1.35 bits per heavy atom. The first-order valence-corrected chi connectivity index (χ1v) is 5.63. The second kappa shape index (κ2) is 6.30. The summed E-state index contributed by atoms with van der Waals surface area (Å²) in [6.07, 6.45) is 2.58. The van der Waals surface area contributed by atoms with Gasteiger partial charge < -0.3 is 20.2 Å². The molecule has 0 saturated heterocycles. The van der Waals surface area contributed by atoms with Crippen LogP contribution in [0.3, 0.4) is 0 Å². The lowest BCUT2D eigenvalue weighted by molar-refractivity contribution is -0.389. The zero-order valence-corrected chi connectivity index (χ0v) is 11.7. The van der Waals surface area contributed by atoms with Crippen molar-refractivity contribution < 1.29 is 9.85 Å². The van der Waals surface area contributed by atoms with Gasteiger partial charge in [-0.25, -0.2) is 0 Å². The lowest BCUT2D eigenvalue weighted by Gasteiger charge is -1.88. The molecule has 0 spiro atoms. The molecule has 10 nitrogen and oxygen atoms in total. The molecule has 108 valence electrons. The van der Waals surface area contributed by atoms with Gasteiger partial charge in [0.2, 0.25) is 23.0 Å². The third kappa shape index (κ3) is 3.42. The largest absolute Gasteiger partial charge is 0.401 e. The molecule has 0 radical (unpaired) electrons. The van der Waals surface area contributed by atoms with Crippen molar-refractivity contribution in [3.8, 4) is 0 Å². The maximum atomic E-state index is 10.1. The van der Waals surface area contributed by atoms with Crippen LogP contribution in [0.25, 0.3) is 0 Å². The molecule has 0 saturated carbocycles. The standard InChI is InChI=1S/2C4H4ClN3O2/c2*1-7-2-6-4(3(7)5)8(9)10/h2*2H,1H3. The molecule has 0 aliphatic rings. The van der Waals surface area contributed by atoms with Crippen molar-refractivity contribution in [2.75, 3.05) is 0 Å². The van der Waals surface area contributed by atoms with Gasteiger partial charge in [-0.1, -0.05) is 23.2 Å². The number of nitro groups is 2. The quantitative estimate of drug-likeness (QED) is 0.615. The maximum Gasteiger partial charge on any atom is 0.401 e. The van der Waals surface area contributed by atoms with Crippen LogP contribution < -0.4 is 0 Å². The predicted octanol–water partition coefficient (Wildman–Crippen LogP) is 1.96. The highest BCUT2D eigenvalue weighted by Gasteiger charge is 2.17. The third-order valence-electron chi connectivity index (χ3n) is 2.04. The van der Waals surface area contributed by atoms with Crippen LogP contribution in [0.4, 0.5) is 11.6 Å². The Balaban J connectivity index is 0.000000200. The molecule has 2 heterocycles. The van der Waals surface area contributed by atoms with Gasteiger partial charge in [-0.15, -0.1) is 0 Å². The molecule has 0 amide bonds. The van der Waals surface area contributed by atoms with Crippen molar-refractivity contribution in [1.29, 1.82) is 0 Å². The number of hydrogen-bond acceptors (Lipinski definition) is 6. The van der Waals surface area contributed by atoms with Crippen LogP contribution in [0.15, 0.2) is 12.7 Å². The molecule has 0 aliphatic heterocycles. The lowest BCUT2D eigenvalue weighted by Crippen LogP contribution is -1.89. The molecule has 20 heavy (non-hydrogen) atoms. The summed E-state index contributed by atoms with van der Waals surface area (Å²) < 4.78 is 2.75. The smallest absolute Gasteiger partial charge is 0.358 e. The summed E-state index contributed by atoms with van der Waals surface area (Å²) >= 11 is 10.9. The Kier molecular flexibility index (Phi) is 5.00. The molecule has 2 aromatic rings. The molecule has 0 fully saturated rings. The van der Waals surface area contributed by atoms with E-state index in [4.69, 9.17) is 23.2 Å². The highest BCUT2D eigenvalue weighted by atomic mass is 35.5. The molecule has 0 aliphatic carbocycles. The number of nitrogens with zero attached hydrogens (tertiary/aromatic N) is 6. The molecule has 0 aromatic carbocycles. The zero-order chi connectivity index (χ0) is 15.4. The summed E-state index contributed by atoms with van der Waals surface area (Å²) in [6.45, 7) is 0. The minimum Gasteiger partial charge on any atom is -0.358 e. The van der Waals surface area contributed by atoms with Gasteiger partial charge in [-0.3, -0.25) is 9.13 Å². The Morgan fingerprint density at radius 1 is 0.950 bits per heavy atom. The van der Waals surface area contributed by atoms with E-state index < -0.39 is 9.85 Å². The van der Waals surface area contributed by atoms with E-state index in [0.29, 0.717) is 0 Å². The SMILES string of the molecule is Cn1cnc([N+](=O)[O-])c1Cl.Cn1cnc([N+](=O)[O-])c1Cl. The molecule has 0 N–H and O–H groups in total. The van der Waals surface area contributed by atoms with Gasteiger partial charge in [0.05, 0.1) is 0 Å². The first kappa shape index (κ1) is 15.9. The van der Waals surface area contributed by atoms with E-state index in [2.05, 4.69) is 9.97 Å². The number of imidazole rings is 2. The van der Waals surface area contributed by atoms with Crippen LogP contribution in [-0.4, -0.2) is 28.9 Å². The number of hydrogen-bond donors (Lipinski definition) is 0. The summed E-state index contributed by atoms with van der Waals surface area (Å²) in [7, 11) is 3.17. The van der Waals surface area contributed by atoms with E-state index in [1.807, 2.05) is 0 Å². The molecular formula is C8H8Cl2N6O4. The van der Waals surface area contributed by atoms with Gasteiger partial charge in [-0.05, 0) is 19.8 Å². The summed E-state index contributed by atoms with van der Waals surface area (Å²) in [5, 5.41) is 20.3. The summed E-state index contributed by atoms with van der Waals surface area (Å²) in [4.78, 5) is 25.8. The molecule has 0 bridgehead atoms. The van der Waals surface area contributed by atoms with E-state index in [-0.39, 0.29) is 21.9 Å². The van der Waals surface area contributed by atoms with Gasteiger partial charge in [0.25, 0.3) is 0 Å². The van der Waals surface area contributed by atoms with E-state index >= 15 is 0 Å². The number of rotatable bonds is 2. The highest BCUT2D eigenvalue weighted by Crippen LogP contribution is 2.20. The second-order valence-electron chi connectivity index (χ2n) is 3.45. The fraction of sp³-hybridized carbons (Fsp3) is 0.250. The molecular weight excluding hydrogens is 315 g/mol. The molecule has 12 heteroatoms. The molecule has 2 rings (SSSR count). The topological polar surface area (TPSA) is 122 Å². The van der Waals surface area contributed by atoms with Gasteiger partial charge in [0.15, 0.2) is 0 Å². The van der Waals surface area contributed by atoms with Crippen LogP contribution in [0.2, 0.25) is 10.3 Å². The monoisotopic (exact) mass is 322 g/mol. The van der Waals surface area contributed by atoms with Gasteiger partial charge in [0, 0.05) is 14.1 Å². The first-order chi connectivity index (χ1) is 9.25. The van der Waals surface area contributed by atoms with Crippen molar-refractivity contribution in [3.05, 3.63) is 43.2 Å². The average molecular weight is 323 g/mol. The Morgan fingerprint density at radius 2 is 1.25 bits per heavy atom. The lowest BCUT2D eigenvalue weighted by atomic mass is 10.8. The van der Waals surface area contributed by atoms with Crippen molar-refractivity contribution in [3.63, 3.8) is 0 Å². The number of aromatic nitrogens is 4. The third-order valence-corrected chi connectivity index (χ3v) is 2.91. The van der Waals surface area contributed by atoms with Gasteiger partial charge >= 0.3 is 11.6 Å². The van der Waals surface area contributed by atoms with Crippen LogP contribution in [0.5, 0.6) is 0 Å². The van der Waals surface area contributed by atoms with Crippen molar-refractivity contribution in [2.45, 2.75) is 0 Å². The van der Waals surface area contributed by atoms with Gasteiger partial charge in [0.1, 0.15) is 0 Å². The fourth-order valence-corrected chi connectivity index (χ4v) is 1.37. The Hall–Kier alpha value is -2.20. The average Bonchev–Trinajstić information content (AvgIpc) is 2.86. The second-order valence-corrected chi connectivity index (χ2v) is 4.17. The minimum absolute atomic E-state index is 0.0463. The van der Waals surface area contributed by atoms with Crippen molar-refractivity contribution >= 4 is 34.8 Å². The maximum absolute atomic E-state index is 10.1. The summed E-state index contributed by atoms with van der Waals surface area (Å²) in [6, 6.07) is 0. The molecule has 0 unspecified atom stereocenters. The van der Waals surface area contributed by atoms with Crippen molar-refractivity contribution in [2.24, 2.45) is 14.1 Å². The number of aryl methyl sites for hydroxylation is 2. The molecule has 0 atom stereocenters. The predicted molar refractivity (Wildman–Crippen MR) is 69.7 cm³/mol. The van der Waals surface area contributed by atoms with E-state index in [9.17, 15) is 20.2 Å². The van der Waals surface area contributed by atoms with E-state index in [0.717, 1.165) is 0 Å². The van der Waals surface area contributed by atoms with Crippen LogP contribution >= 0.6 is 23.2 Å². The van der Waals surface area contributed by atoms with Crippen LogP contribution in [0.1, 0.15) is 0 Å². The fourth-order valence-electron chi connectivity index (χ4n) is 1.05. The van der Waals surface area contributed by atoms with Crippen LogP contribution in [0, 0.1) is 20.2 Å². The van der Waals surface area contributed by atoms with E-state index in [1.54, 1.807) is 14.1 Å². The number of halogens is 2. The normalized spacial score (nSPS) is 9.80. The summed E-state index contributed by atoms with van der Waals surface area (Å²) in [5.74, 6) is -0.603. The van der Waals surface area contributed by atoms with Gasteiger partial charge in [-0.2, -0.15) is 0 Å². The molecule has 2 aromatic heterocycles.